The van der Waals surface area contributed by atoms with Crippen LogP contribution < -0.4 is 5.32 Å². The van der Waals surface area contributed by atoms with Gasteiger partial charge in [0.25, 0.3) is 0 Å². The Bertz CT molecular complexity index is 1100. The molecule has 0 amide bonds. The largest absolute Gasteiger partial charge is 0.465 e. The van der Waals surface area contributed by atoms with Crippen molar-refractivity contribution in [2.24, 2.45) is 0 Å². The predicted molar refractivity (Wildman–Crippen MR) is 128 cm³/mol. The number of ether oxygens (including phenoxy) is 1. The molecule has 0 unspecified atom stereocenters. The number of aryl methyl sites for hydroxylation is 2. The topological polar surface area (TPSA) is 67.3 Å². The molecule has 2 aliphatic rings. The molecule has 2 aromatic heterocycles. The van der Waals surface area contributed by atoms with Crippen molar-refractivity contribution in [1.82, 2.24) is 14.9 Å². The Morgan fingerprint density at radius 2 is 1.94 bits per heavy atom. The van der Waals surface area contributed by atoms with Crippen molar-refractivity contribution in [3.8, 4) is 0 Å². The molecule has 0 saturated heterocycles. The highest BCUT2D eigenvalue weighted by molar-refractivity contribution is 7.19. The zero-order valence-corrected chi connectivity index (χ0v) is 19.6. The van der Waals surface area contributed by atoms with Gasteiger partial charge < -0.3 is 10.1 Å². The van der Waals surface area contributed by atoms with Gasteiger partial charge in [0, 0.05) is 23.5 Å². The molecular weight excluding hydrogens is 420 g/mol. The van der Waals surface area contributed by atoms with Crippen LogP contribution in [0, 0.1) is 0 Å². The summed E-state index contributed by atoms with van der Waals surface area (Å²) in [6, 6.07) is 8.78. The van der Waals surface area contributed by atoms with Crippen molar-refractivity contribution in [1.29, 1.82) is 0 Å². The van der Waals surface area contributed by atoms with Gasteiger partial charge in [-0.25, -0.2) is 14.8 Å². The van der Waals surface area contributed by atoms with Crippen LogP contribution in [0.3, 0.4) is 0 Å². The maximum absolute atomic E-state index is 11.6. The van der Waals surface area contributed by atoms with Crippen LogP contribution in [0.1, 0.15) is 58.5 Å². The van der Waals surface area contributed by atoms with Gasteiger partial charge in [-0.2, -0.15) is 0 Å². The molecular formula is C25H30N4O2S. The maximum Gasteiger partial charge on any atom is 0.337 e. The number of thiophene rings is 1. The lowest BCUT2D eigenvalue weighted by Crippen LogP contribution is -2.38. The van der Waals surface area contributed by atoms with Crippen LogP contribution in [0.2, 0.25) is 0 Å². The number of anilines is 1. The first kappa shape index (κ1) is 21.3. The van der Waals surface area contributed by atoms with Gasteiger partial charge in [-0.3, -0.25) is 4.90 Å². The standard InChI is InChI=1S/C25H30N4O2S/c1-29(14-16-6-8-17(9-7-16)25(30)31-2)19-12-10-18(11-13-19)28-23-22-20-4-3-5-21(20)32-24(22)27-15-26-23/h6-9,15,18-19H,3-5,10-14H2,1-2H3,(H,26,27,28)/t18-,19-. The number of hydrogen-bond acceptors (Lipinski definition) is 7. The number of fused-ring (bicyclic) bond motifs is 3. The molecule has 1 fully saturated rings. The molecule has 5 rings (SSSR count). The molecule has 1 N–H and O–H groups in total. The van der Waals surface area contributed by atoms with E-state index in [0.717, 1.165) is 36.5 Å². The average Bonchev–Trinajstić information content (AvgIpc) is 3.41. The van der Waals surface area contributed by atoms with Crippen LogP contribution in [0.5, 0.6) is 0 Å². The van der Waals surface area contributed by atoms with E-state index in [1.165, 1.54) is 54.2 Å². The molecule has 0 atom stereocenters. The van der Waals surface area contributed by atoms with Crippen molar-refractivity contribution in [2.45, 2.75) is 63.6 Å². The summed E-state index contributed by atoms with van der Waals surface area (Å²) in [7, 11) is 3.62. The molecule has 1 saturated carbocycles. The SMILES string of the molecule is COC(=O)c1ccc(CN(C)[C@H]2CC[C@H](Nc3ncnc4sc5c(c34)CCC5)CC2)cc1. The third kappa shape index (κ3) is 4.24. The lowest BCUT2D eigenvalue weighted by atomic mass is 9.90. The summed E-state index contributed by atoms with van der Waals surface area (Å²) in [6.45, 7) is 0.887. The second-order valence-electron chi connectivity index (χ2n) is 9.01. The van der Waals surface area contributed by atoms with Gasteiger partial charge in [0.1, 0.15) is 17.0 Å². The number of rotatable bonds is 6. The van der Waals surface area contributed by atoms with Crippen LogP contribution in [0.25, 0.3) is 10.2 Å². The number of methoxy groups -OCH3 is 1. The summed E-state index contributed by atoms with van der Waals surface area (Å²) in [6.07, 6.45) is 9.96. The van der Waals surface area contributed by atoms with E-state index in [1.54, 1.807) is 6.33 Å². The Labute approximate surface area is 193 Å². The zero-order valence-electron chi connectivity index (χ0n) is 18.8. The molecule has 7 heteroatoms. The van der Waals surface area contributed by atoms with Crippen molar-refractivity contribution < 1.29 is 9.53 Å². The fourth-order valence-electron chi connectivity index (χ4n) is 5.17. The van der Waals surface area contributed by atoms with Crippen LogP contribution in [0.4, 0.5) is 5.82 Å². The lowest BCUT2D eigenvalue weighted by Gasteiger charge is -2.35. The molecule has 168 valence electrons. The first-order valence-electron chi connectivity index (χ1n) is 11.5. The normalized spacial score (nSPS) is 20.5. The minimum absolute atomic E-state index is 0.288. The van der Waals surface area contributed by atoms with Gasteiger partial charge in [0.2, 0.25) is 0 Å². The highest BCUT2D eigenvalue weighted by atomic mass is 32.1. The maximum atomic E-state index is 11.6. The van der Waals surface area contributed by atoms with Crippen LogP contribution in [0.15, 0.2) is 30.6 Å². The first-order chi connectivity index (χ1) is 15.6. The Balaban J connectivity index is 1.18. The summed E-state index contributed by atoms with van der Waals surface area (Å²) < 4.78 is 4.78. The third-order valence-electron chi connectivity index (χ3n) is 6.97. The Kier molecular flexibility index (Phi) is 6.11. The zero-order chi connectivity index (χ0) is 22.1. The Morgan fingerprint density at radius 1 is 1.16 bits per heavy atom. The smallest absolute Gasteiger partial charge is 0.337 e. The first-order valence-corrected chi connectivity index (χ1v) is 12.3. The number of aromatic nitrogens is 2. The fraction of sp³-hybridized carbons (Fsp3) is 0.480. The minimum Gasteiger partial charge on any atom is -0.465 e. The van der Waals surface area contributed by atoms with Gasteiger partial charge in [-0.05, 0) is 75.3 Å². The van der Waals surface area contributed by atoms with Crippen LogP contribution >= 0.6 is 11.3 Å². The number of carbonyl (C=O) groups excluding carboxylic acids is 1. The van der Waals surface area contributed by atoms with E-state index in [4.69, 9.17) is 4.74 Å². The summed E-state index contributed by atoms with van der Waals surface area (Å²) >= 11 is 1.85. The second kappa shape index (κ2) is 9.16. The van der Waals surface area contributed by atoms with Gasteiger partial charge in [0.15, 0.2) is 0 Å². The number of benzene rings is 1. The highest BCUT2D eigenvalue weighted by Gasteiger charge is 2.26. The third-order valence-corrected chi connectivity index (χ3v) is 8.17. The number of nitrogens with zero attached hydrogens (tertiary/aromatic N) is 3. The lowest BCUT2D eigenvalue weighted by molar-refractivity contribution is 0.0600. The summed E-state index contributed by atoms with van der Waals surface area (Å²) in [5, 5.41) is 5.04. The van der Waals surface area contributed by atoms with Gasteiger partial charge in [0.05, 0.1) is 18.1 Å². The quantitative estimate of drug-likeness (QED) is 0.543. The summed E-state index contributed by atoms with van der Waals surface area (Å²) in [4.78, 5) is 25.9. The molecule has 6 nitrogen and oxygen atoms in total. The van der Waals surface area contributed by atoms with Crippen LogP contribution in [-0.2, 0) is 24.1 Å². The number of carbonyl (C=O) groups is 1. The van der Waals surface area contributed by atoms with E-state index < -0.39 is 0 Å². The van der Waals surface area contributed by atoms with E-state index in [1.807, 2.05) is 35.6 Å². The monoisotopic (exact) mass is 450 g/mol. The molecule has 0 aliphatic heterocycles. The fourth-order valence-corrected chi connectivity index (χ4v) is 6.40. The van der Waals surface area contributed by atoms with Gasteiger partial charge in [-0.1, -0.05) is 12.1 Å². The molecule has 0 radical (unpaired) electrons. The predicted octanol–water partition coefficient (Wildman–Crippen LogP) is 4.82. The van der Waals surface area contributed by atoms with Crippen molar-refractivity contribution in [2.75, 3.05) is 19.5 Å². The molecule has 1 aromatic carbocycles. The van der Waals surface area contributed by atoms with Gasteiger partial charge in [-0.15, -0.1) is 11.3 Å². The molecule has 32 heavy (non-hydrogen) atoms. The molecule has 0 bridgehead atoms. The minimum atomic E-state index is -0.288. The molecule has 2 aliphatic carbocycles. The number of nitrogens with one attached hydrogen (secondary N) is 1. The summed E-state index contributed by atoms with van der Waals surface area (Å²) in [5.74, 6) is 0.751. The van der Waals surface area contributed by atoms with E-state index in [0.29, 0.717) is 17.6 Å². The Hall–Kier alpha value is -2.51. The number of hydrogen-bond donors (Lipinski definition) is 1. The Morgan fingerprint density at radius 3 is 2.69 bits per heavy atom. The van der Waals surface area contributed by atoms with Crippen molar-refractivity contribution in [3.05, 3.63) is 52.2 Å². The molecule has 0 spiro atoms. The van der Waals surface area contributed by atoms with Crippen molar-refractivity contribution >= 4 is 33.3 Å². The number of esters is 1. The second-order valence-corrected chi connectivity index (χ2v) is 10.1. The van der Waals surface area contributed by atoms with Crippen molar-refractivity contribution in [3.63, 3.8) is 0 Å². The molecule has 3 aromatic rings. The van der Waals surface area contributed by atoms with E-state index in [-0.39, 0.29) is 5.97 Å². The van der Waals surface area contributed by atoms with E-state index >= 15 is 0 Å². The van der Waals surface area contributed by atoms with E-state index in [9.17, 15) is 4.79 Å². The van der Waals surface area contributed by atoms with E-state index in [2.05, 4.69) is 27.2 Å². The highest BCUT2D eigenvalue weighted by Crippen LogP contribution is 2.39. The van der Waals surface area contributed by atoms with Crippen LogP contribution in [-0.4, -0.2) is 47.1 Å². The summed E-state index contributed by atoms with van der Waals surface area (Å²) in [5.41, 5.74) is 3.30. The average molecular weight is 451 g/mol. The van der Waals surface area contributed by atoms with Gasteiger partial charge >= 0.3 is 5.97 Å². The molecule has 2 heterocycles.